The molecular formula is C17H13NO2. The first-order valence-corrected chi connectivity index (χ1v) is 6.59. The third-order valence-electron chi connectivity index (χ3n) is 3.64. The summed E-state index contributed by atoms with van der Waals surface area (Å²) < 4.78 is 10.9. The van der Waals surface area contributed by atoms with Gasteiger partial charge >= 0.3 is 0 Å². The van der Waals surface area contributed by atoms with Crippen LogP contribution in [0.1, 0.15) is 5.56 Å². The van der Waals surface area contributed by atoms with Crippen molar-refractivity contribution in [1.29, 1.82) is 0 Å². The predicted octanol–water partition coefficient (Wildman–Crippen LogP) is 3.77. The molecule has 1 aliphatic rings. The van der Waals surface area contributed by atoms with E-state index in [0.717, 1.165) is 22.3 Å². The molecule has 3 aromatic rings. The number of hydrogen-bond acceptors (Lipinski definition) is 3. The van der Waals surface area contributed by atoms with E-state index in [-0.39, 0.29) is 0 Å². The maximum atomic E-state index is 5.53. The average molecular weight is 263 g/mol. The molecule has 98 valence electrons. The molecule has 3 heteroatoms. The number of benzene rings is 2. The van der Waals surface area contributed by atoms with Crippen LogP contribution in [-0.2, 0) is 11.3 Å². The largest absolute Gasteiger partial charge is 0.467 e. The van der Waals surface area contributed by atoms with Gasteiger partial charge in [0.1, 0.15) is 5.75 Å². The van der Waals surface area contributed by atoms with Gasteiger partial charge in [-0.15, -0.1) is 0 Å². The van der Waals surface area contributed by atoms with Gasteiger partial charge in [0.2, 0.25) is 0 Å². The van der Waals surface area contributed by atoms with Crippen LogP contribution in [0.25, 0.3) is 21.9 Å². The van der Waals surface area contributed by atoms with Crippen LogP contribution >= 0.6 is 0 Å². The van der Waals surface area contributed by atoms with Crippen molar-refractivity contribution in [3.05, 3.63) is 60.4 Å². The standard InChI is InChI=1S/C17H13NO2/c1-2-4-12(5-3-1)14-8-18-9-15-13(14)6-7-17-16(15)10-19-11-20-17/h1-9H,10-11H2. The molecule has 0 spiro atoms. The van der Waals surface area contributed by atoms with Crippen LogP contribution in [0.5, 0.6) is 5.75 Å². The van der Waals surface area contributed by atoms with Crippen molar-refractivity contribution in [2.75, 3.05) is 6.79 Å². The van der Waals surface area contributed by atoms with Gasteiger partial charge in [0, 0.05) is 28.9 Å². The fourth-order valence-corrected chi connectivity index (χ4v) is 2.66. The van der Waals surface area contributed by atoms with Crippen molar-refractivity contribution in [1.82, 2.24) is 4.98 Å². The lowest BCUT2D eigenvalue weighted by Gasteiger charge is -2.20. The number of nitrogens with zero attached hydrogens (tertiary/aromatic N) is 1. The molecule has 20 heavy (non-hydrogen) atoms. The SMILES string of the molecule is c1ccc(-c2cncc3c4c(ccc23)OCOC4)cc1. The van der Waals surface area contributed by atoms with Gasteiger partial charge in [-0.3, -0.25) is 4.98 Å². The lowest BCUT2D eigenvalue weighted by molar-refractivity contribution is -0.0154. The molecule has 0 amide bonds. The fraction of sp³-hybridized carbons (Fsp3) is 0.118. The van der Waals surface area contributed by atoms with Gasteiger partial charge in [-0.2, -0.15) is 0 Å². The van der Waals surface area contributed by atoms with Crippen molar-refractivity contribution in [3.8, 4) is 16.9 Å². The molecule has 0 aliphatic carbocycles. The Labute approximate surface area is 116 Å². The normalized spacial score (nSPS) is 13.8. The third-order valence-corrected chi connectivity index (χ3v) is 3.64. The van der Waals surface area contributed by atoms with E-state index in [2.05, 4.69) is 23.2 Å². The number of rotatable bonds is 1. The Morgan fingerprint density at radius 3 is 2.70 bits per heavy atom. The van der Waals surface area contributed by atoms with E-state index in [1.165, 1.54) is 10.9 Å². The summed E-state index contributed by atoms with van der Waals surface area (Å²) in [5.74, 6) is 0.899. The van der Waals surface area contributed by atoms with Crippen molar-refractivity contribution in [3.63, 3.8) is 0 Å². The summed E-state index contributed by atoms with van der Waals surface area (Å²) in [7, 11) is 0. The minimum Gasteiger partial charge on any atom is -0.467 e. The van der Waals surface area contributed by atoms with E-state index in [0.29, 0.717) is 13.4 Å². The second kappa shape index (κ2) is 4.62. The van der Waals surface area contributed by atoms with Crippen LogP contribution in [0.15, 0.2) is 54.9 Å². The van der Waals surface area contributed by atoms with Crippen LogP contribution in [0.2, 0.25) is 0 Å². The van der Waals surface area contributed by atoms with E-state index >= 15 is 0 Å². The number of pyridine rings is 1. The van der Waals surface area contributed by atoms with Crippen molar-refractivity contribution in [2.45, 2.75) is 6.61 Å². The Morgan fingerprint density at radius 2 is 1.80 bits per heavy atom. The molecule has 0 bridgehead atoms. The molecule has 3 nitrogen and oxygen atoms in total. The first-order valence-electron chi connectivity index (χ1n) is 6.59. The molecule has 1 aromatic heterocycles. The average Bonchev–Trinajstić information content (AvgIpc) is 2.55. The number of aromatic nitrogens is 1. The highest BCUT2D eigenvalue weighted by atomic mass is 16.7. The monoisotopic (exact) mass is 263 g/mol. The Bertz CT molecular complexity index is 769. The molecule has 2 aromatic carbocycles. The van der Waals surface area contributed by atoms with Gasteiger partial charge in [0.25, 0.3) is 0 Å². The lowest BCUT2D eigenvalue weighted by Crippen LogP contribution is -2.11. The van der Waals surface area contributed by atoms with Crippen LogP contribution < -0.4 is 4.74 Å². The zero-order valence-corrected chi connectivity index (χ0v) is 10.9. The molecule has 0 saturated heterocycles. The van der Waals surface area contributed by atoms with Gasteiger partial charge < -0.3 is 9.47 Å². The minimum absolute atomic E-state index is 0.324. The molecule has 0 atom stereocenters. The van der Waals surface area contributed by atoms with E-state index < -0.39 is 0 Å². The molecular weight excluding hydrogens is 250 g/mol. The predicted molar refractivity (Wildman–Crippen MR) is 77.5 cm³/mol. The maximum Gasteiger partial charge on any atom is 0.189 e. The molecule has 4 rings (SSSR count). The second-order valence-corrected chi connectivity index (χ2v) is 4.80. The van der Waals surface area contributed by atoms with Gasteiger partial charge in [-0.05, 0) is 23.1 Å². The smallest absolute Gasteiger partial charge is 0.189 e. The van der Waals surface area contributed by atoms with E-state index in [1.54, 1.807) is 0 Å². The Hall–Kier alpha value is -2.39. The first-order chi connectivity index (χ1) is 9.93. The molecule has 1 aliphatic heterocycles. The van der Waals surface area contributed by atoms with Gasteiger partial charge in [-0.1, -0.05) is 30.3 Å². The van der Waals surface area contributed by atoms with Crippen LogP contribution in [0, 0.1) is 0 Å². The van der Waals surface area contributed by atoms with E-state index in [4.69, 9.17) is 9.47 Å². The van der Waals surface area contributed by atoms with Gasteiger partial charge in [0.05, 0.1) is 6.61 Å². The minimum atomic E-state index is 0.324. The van der Waals surface area contributed by atoms with Gasteiger partial charge in [-0.25, -0.2) is 0 Å². The summed E-state index contributed by atoms with van der Waals surface area (Å²) >= 11 is 0. The van der Waals surface area contributed by atoms with Crippen LogP contribution in [0.3, 0.4) is 0 Å². The lowest BCUT2D eigenvalue weighted by atomic mass is 9.98. The highest BCUT2D eigenvalue weighted by Crippen LogP contribution is 2.35. The van der Waals surface area contributed by atoms with Crippen molar-refractivity contribution < 1.29 is 9.47 Å². The maximum absolute atomic E-state index is 5.53. The molecule has 2 heterocycles. The highest BCUT2D eigenvalue weighted by molar-refractivity contribution is 5.98. The summed E-state index contributed by atoms with van der Waals surface area (Å²) in [6, 6.07) is 14.4. The molecule has 0 unspecified atom stereocenters. The van der Waals surface area contributed by atoms with Crippen LogP contribution in [0.4, 0.5) is 0 Å². The molecule has 0 saturated carbocycles. The fourth-order valence-electron chi connectivity index (χ4n) is 2.66. The molecule has 0 N–H and O–H groups in total. The van der Waals surface area contributed by atoms with Crippen molar-refractivity contribution in [2.24, 2.45) is 0 Å². The summed E-state index contributed by atoms with van der Waals surface area (Å²) in [6.45, 7) is 0.900. The number of ether oxygens (including phenoxy) is 2. The quantitative estimate of drug-likeness (QED) is 0.669. The zero-order chi connectivity index (χ0) is 13.4. The zero-order valence-electron chi connectivity index (χ0n) is 10.9. The molecule has 0 radical (unpaired) electrons. The van der Waals surface area contributed by atoms with E-state index in [1.807, 2.05) is 36.7 Å². The van der Waals surface area contributed by atoms with Gasteiger partial charge in [0.15, 0.2) is 6.79 Å². The first kappa shape index (κ1) is 11.4. The summed E-state index contributed by atoms with van der Waals surface area (Å²) in [5.41, 5.74) is 3.39. The Morgan fingerprint density at radius 1 is 0.900 bits per heavy atom. The second-order valence-electron chi connectivity index (χ2n) is 4.80. The molecule has 0 fully saturated rings. The Balaban J connectivity index is 2.00. The number of hydrogen-bond donors (Lipinski definition) is 0. The summed E-state index contributed by atoms with van der Waals surface area (Å²) in [4.78, 5) is 4.39. The summed E-state index contributed by atoms with van der Waals surface area (Å²) in [5, 5.41) is 2.28. The topological polar surface area (TPSA) is 31.4 Å². The summed E-state index contributed by atoms with van der Waals surface area (Å²) in [6.07, 6.45) is 3.80. The highest BCUT2D eigenvalue weighted by Gasteiger charge is 2.15. The Kier molecular flexibility index (Phi) is 2.64. The number of fused-ring (bicyclic) bond motifs is 3. The van der Waals surface area contributed by atoms with Crippen LogP contribution in [-0.4, -0.2) is 11.8 Å². The van der Waals surface area contributed by atoms with E-state index in [9.17, 15) is 0 Å². The van der Waals surface area contributed by atoms with Crippen molar-refractivity contribution >= 4 is 10.8 Å². The third kappa shape index (κ3) is 1.75.